The molecule has 130 valence electrons. The minimum Gasteiger partial charge on any atom is -0.326 e. The number of fused-ring (bicyclic) bond motifs is 1. The first-order chi connectivity index (χ1) is 11.3. The van der Waals surface area contributed by atoms with Gasteiger partial charge in [0.1, 0.15) is 0 Å². The molecule has 1 aliphatic heterocycles. The molecule has 2 N–H and O–H groups in total. The largest absolute Gasteiger partial charge is 0.326 e. The van der Waals surface area contributed by atoms with Crippen LogP contribution in [0.2, 0.25) is 0 Å². The van der Waals surface area contributed by atoms with E-state index in [0.29, 0.717) is 18.3 Å². The third-order valence-electron chi connectivity index (χ3n) is 4.85. The van der Waals surface area contributed by atoms with Gasteiger partial charge in [-0.05, 0) is 69.3 Å². The lowest BCUT2D eigenvalue weighted by Crippen LogP contribution is -2.28. The number of nitrogens with zero attached hydrogens (tertiary/aromatic N) is 1. The Balaban J connectivity index is 0.00000169. The van der Waals surface area contributed by atoms with Gasteiger partial charge in [0.25, 0.3) is 0 Å². The van der Waals surface area contributed by atoms with Crippen molar-refractivity contribution in [3.63, 3.8) is 0 Å². The van der Waals surface area contributed by atoms with E-state index >= 15 is 0 Å². The highest BCUT2D eigenvalue weighted by molar-refractivity contribution is 7.18. The Kier molecular flexibility index (Phi) is 5.74. The van der Waals surface area contributed by atoms with Gasteiger partial charge in [-0.2, -0.15) is 0 Å². The average Bonchev–Trinajstić information content (AvgIpc) is 3.34. The van der Waals surface area contributed by atoms with E-state index in [4.69, 9.17) is 4.98 Å². The fourth-order valence-electron chi connectivity index (χ4n) is 3.25. The van der Waals surface area contributed by atoms with Crippen LogP contribution in [0.5, 0.6) is 0 Å². The predicted molar refractivity (Wildman–Crippen MR) is 102 cm³/mol. The summed E-state index contributed by atoms with van der Waals surface area (Å²) >= 11 is 1.78. The summed E-state index contributed by atoms with van der Waals surface area (Å²) in [6.45, 7) is 2.19. The zero-order valence-corrected chi connectivity index (χ0v) is 15.3. The smallest absolute Gasteiger partial charge is 0.224 e. The summed E-state index contributed by atoms with van der Waals surface area (Å²) in [5, 5.41) is 7.68. The molecule has 4 rings (SSSR count). The third kappa shape index (κ3) is 4.26. The second kappa shape index (κ2) is 7.81. The predicted octanol–water partition coefficient (Wildman–Crippen LogP) is 4.31. The van der Waals surface area contributed by atoms with Gasteiger partial charge in [0.15, 0.2) is 0 Å². The summed E-state index contributed by atoms with van der Waals surface area (Å²) in [5.74, 6) is 1.53. The number of aromatic nitrogens is 1. The van der Waals surface area contributed by atoms with Crippen molar-refractivity contribution < 1.29 is 4.79 Å². The first kappa shape index (κ1) is 17.6. The van der Waals surface area contributed by atoms with Gasteiger partial charge < -0.3 is 10.6 Å². The second-order valence-electron chi connectivity index (χ2n) is 6.79. The van der Waals surface area contributed by atoms with E-state index in [2.05, 4.69) is 16.7 Å². The van der Waals surface area contributed by atoms with Crippen LogP contribution in [0.25, 0.3) is 10.2 Å². The molecular formula is C18H24ClN3OS. The molecule has 0 atom stereocenters. The molecular weight excluding hydrogens is 342 g/mol. The van der Waals surface area contributed by atoms with E-state index in [9.17, 15) is 4.79 Å². The molecule has 1 aliphatic carbocycles. The van der Waals surface area contributed by atoms with Crippen molar-refractivity contribution in [3.05, 3.63) is 23.2 Å². The standard InChI is InChI=1S/C18H23N3OS.ClH/c22-17(6-1-12-7-9-19-10-8-12)20-14-4-5-15-16(11-14)23-18(21-15)13-2-3-13;/h4-5,11-13,19H,1-3,6-10H2,(H,20,22);1H. The van der Waals surface area contributed by atoms with Crippen molar-refractivity contribution in [1.29, 1.82) is 0 Å². The first-order valence-electron chi connectivity index (χ1n) is 8.69. The molecule has 2 fully saturated rings. The van der Waals surface area contributed by atoms with Crippen LogP contribution < -0.4 is 10.6 Å². The summed E-state index contributed by atoms with van der Waals surface area (Å²) in [5.41, 5.74) is 1.96. The molecule has 0 spiro atoms. The molecule has 2 aliphatic rings. The molecule has 1 saturated heterocycles. The number of hydrogen-bond donors (Lipinski definition) is 2. The van der Waals surface area contributed by atoms with Crippen molar-refractivity contribution in [2.45, 2.75) is 44.4 Å². The number of thiazole rings is 1. The number of rotatable bonds is 5. The summed E-state index contributed by atoms with van der Waals surface area (Å²) < 4.78 is 1.18. The maximum Gasteiger partial charge on any atom is 0.224 e. The van der Waals surface area contributed by atoms with Gasteiger partial charge in [-0.15, -0.1) is 23.7 Å². The molecule has 0 radical (unpaired) electrons. The third-order valence-corrected chi connectivity index (χ3v) is 6.03. The molecule has 4 nitrogen and oxygen atoms in total. The highest BCUT2D eigenvalue weighted by Crippen LogP contribution is 2.43. The van der Waals surface area contributed by atoms with E-state index in [1.54, 1.807) is 11.3 Å². The van der Waals surface area contributed by atoms with Gasteiger partial charge in [0, 0.05) is 18.0 Å². The van der Waals surface area contributed by atoms with Crippen LogP contribution in [0.1, 0.15) is 49.5 Å². The zero-order chi connectivity index (χ0) is 15.6. The number of anilines is 1. The van der Waals surface area contributed by atoms with Crippen molar-refractivity contribution in [3.8, 4) is 0 Å². The van der Waals surface area contributed by atoms with Gasteiger partial charge in [-0.1, -0.05) is 0 Å². The van der Waals surface area contributed by atoms with E-state index in [1.165, 1.54) is 35.4 Å². The number of carbonyl (C=O) groups excluding carboxylic acids is 1. The molecule has 2 heterocycles. The van der Waals surface area contributed by atoms with Crippen LogP contribution in [-0.4, -0.2) is 24.0 Å². The topological polar surface area (TPSA) is 54.0 Å². The summed E-state index contributed by atoms with van der Waals surface area (Å²) in [6.07, 6.45) is 6.58. The summed E-state index contributed by atoms with van der Waals surface area (Å²) in [6, 6.07) is 6.07. The fourth-order valence-corrected chi connectivity index (χ4v) is 4.43. The van der Waals surface area contributed by atoms with Gasteiger partial charge >= 0.3 is 0 Å². The minimum atomic E-state index is 0. The Hall–Kier alpha value is -1.17. The van der Waals surface area contributed by atoms with E-state index in [0.717, 1.165) is 30.7 Å². The average molecular weight is 366 g/mol. The summed E-state index contributed by atoms with van der Waals surface area (Å²) in [4.78, 5) is 16.9. The van der Waals surface area contributed by atoms with Crippen LogP contribution in [0.4, 0.5) is 5.69 Å². The molecule has 0 unspecified atom stereocenters. The number of nitrogens with one attached hydrogen (secondary N) is 2. The fraction of sp³-hybridized carbons (Fsp3) is 0.556. The Bertz CT molecular complexity index is 707. The van der Waals surface area contributed by atoms with E-state index < -0.39 is 0 Å². The van der Waals surface area contributed by atoms with Gasteiger partial charge in [0.05, 0.1) is 15.2 Å². The highest BCUT2D eigenvalue weighted by Gasteiger charge is 2.27. The number of carbonyl (C=O) groups is 1. The normalized spacial score (nSPS) is 18.3. The SMILES string of the molecule is Cl.O=C(CCC1CCNCC1)Nc1ccc2nc(C3CC3)sc2c1. The molecule has 1 saturated carbocycles. The highest BCUT2D eigenvalue weighted by atomic mass is 35.5. The Morgan fingerprint density at radius 1 is 1.25 bits per heavy atom. The quantitative estimate of drug-likeness (QED) is 0.829. The van der Waals surface area contributed by atoms with Crippen molar-refractivity contribution in [2.75, 3.05) is 18.4 Å². The molecule has 24 heavy (non-hydrogen) atoms. The summed E-state index contributed by atoms with van der Waals surface area (Å²) in [7, 11) is 0. The molecule has 0 bridgehead atoms. The van der Waals surface area contributed by atoms with Gasteiger partial charge in [-0.3, -0.25) is 4.79 Å². The molecule has 6 heteroatoms. The van der Waals surface area contributed by atoms with Crippen molar-refractivity contribution in [1.82, 2.24) is 10.3 Å². The van der Waals surface area contributed by atoms with Crippen LogP contribution in [0.15, 0.2) is 18.2 Å². The van der Waals surface area contributed by atoms with Crippen molar-refractivity contribution in [2.24, 2.45) is 5.92 Å². The lowest BCUT2D eigenvalue weighted by atomic mass is 9.93. The number of piperidine rings is 1. The van der Waals surface area contributed by atoms with Gasteiger partial charge in [-0.25, -0.2) is 4.98 Å². The molecule has 2 aromatic rings. The lowest BCUT2D eigenvalue weighted by molar-refractivity contribution is -0.116. The number of amides is 1. The number of halogens is 1. The first-order valence-corrected chi connectivity index (χ1v) is 9.50. The Labute approximate surface area is 152 Å². The lowest BCUT2D eigenvalue weighted by Gasteiger charge is -2.22. The van der Waals surface area contributed by atoms with E-state index in [-0.39, 0.29) is 18.3 Å². The second-order valence-corrected chi connectivity index (χ2v) is 7.85. The molecule has 1 amide bonds. The van der Waals surface area contributed by atoms with Crippen LogP contribution in [-0.2, 0) is 4.79 Å². The Morgan fingerprint density at radius 2 is 2.04 bits per heavy atom. The van der Waals surface area contributed by atoms with Crippen LogP contribution in [0, 0.1) is 5.92 Å². The number of hydrogen-bond acceptors (Lipinski definition) is 4. The maximum absolute atomic E-state index is 12.2. The minimum absolute atomic E-state index is 0. The van der Waals surface area contributed by atoms with E-state index in [1.807, 2.05) is 12.1 Å². The Morgan fingerprint density at radius 3 is 2.79 bits per heavy atom. The van der Waals surface area contributed by atoms with Crippen LogP contribution >= 0.6 is 23.7 Å². The zero-order valence-electron chi connectivity index (χ0n) is 13.7. The molecule has 1 aromatic carbocycles. The van der Waals surface area contributed by atoms with Crippen LogP contribution in [0.3, 0.4) is 0 Å². The van der Waals surface area contributed by atoms with Crippen molar-refractivity contribution >= 4 is 45.6 Å². The molecule has 1 aromatic heterocycles. The maximum atomic E-state index is 12.2. The van der Waals surface area contributed by atoms with Gasteiger partial charge in [0.2, 0.25) is 5.91 Å². The number of benzene rings is 1. The monoisotopic (exact) mass is 365 g/mol.